The van der Waals surface area contributed by atoms with E-state index < -0.39 is 6.10 Å². The number of rotatable bonds is 3. The van der Waals surface area contributed by atoms with Gasteiger partial charge in [-0.2, -0.15) is 0 Å². The summed E-state index contributed by atoms with van der Waals surface area (Å²) in [7, 11) is 0. The smallest absolute Gasteiger partial charge is 0.116 e. The first kappa shape index (κ1) is 12.4. The number of nitrogens with zero attached hydrogens (tertiary/aromatic N) is 2. The summed E-state index contributed by atoms with van der Waals surface area (Å²) in [6, 6.07) is 7.34. The molecule has 0 fully saturated rings. The van der Waals surface area contributed by atoms with Gasteiger partial charge in [0.1, 0.15) is 11.4 Å². The second-order valence-electron chi connectivity index (χ2n) is 3.52. The van der Waals surface area contributed by atoms with E-state index in [2.05, 4.69) is 9.97 Å². The van der Waals surface area contributed by atoms with Crippen molar-refractivity contribution >= 4 is 23.4 Å². The number of halogens is 1. The van der Waals surface area contributed by atoms with Crippen LogP contribution in [0, 0.1) is 0 Å². The van der Waals surface area contributed by atoms with E-state index in [0.29, 0.717) is 5.02 Å². The first-order chi connectivity index (χ1) is 8.16. The summed E-state index contributed by atoms with van der Waals surface area (Å²) in [5.41, 5.74) is 0.807. The van der Waals surface area contributed by atoms with Gasteiger partial charge < -0.3 is 5.11 Å². The Bertz CT molecular complexity index is 505. The van der Waals surface area contributed by atoms with E-state index in [1.165, 1.54) is 18.1 Å². The number of hydrogen-bond acceptors (Lipinski definition) is 4. The fraction of sp³-hybridized carbons (Fsp3) is 0.167. The molecule has 1 atom stereocenters. The van der Waals surface area contributed by atoms with Crippen molar-refractivity contribution in [3.8, 4) is 0 Å². The maximum absolute atomic E-state index is 9.44. The van der Waals surface area contributed by atoms with Crippen LogP contribution in [0.2, 0.25) is 5.02 Å². The average Bonchev–Trinajstić information content (AvgIpc) is 2.33. The second-order valence-corrected chi connectivity index (χ2v) is 4.98. The summed E-state index contributed by atoms with van der Waals surface area (Å²) in [5.74, 6) is 0. The highest BCUT2D eigenvalue weighted by Gasteiger charge is 2.07. The number of aliphatic hydroxyl groups is 1. The highest BCUT2D eigenvalue weighted by molar-refractivity contribution is 7.99. The molecule has 88 valence electrons. The predicted octanol–water partition coefficient (Wildman–Crippen LogP) is 3.33. The third-order valence-electron chi connectivity index (χ3n) is 2.21. The summed E-state index contributed by atoms with van der Waals surface area (Å²) in [6.07, 6.45) is 2.68. The minimum Gasteiger partial charge on any atom is -0.389 e. The van der Waals surface area contributed by atoms with E-state index in [1.807, 2.05) is 18.2 Å². The molecule has 0 aliphatic carbocycles. The lowest BCUT2D eigenvalue weighted by atomic mass is 10.1. The van der Waals surface area contributed by atoms with Crippen LogP contribution in [0.3, 0.4) is 0 Å². The fourth-order valence-electron chi connectivity index (χ4n) is 1.31. The van der Waals surface area contributed by atoms with Crippen molar-refractivity contribution in [3.63, 3.8) is 0 Å². The Kier molecular flexibility index (Phi) is 3.99. The number of aliphatic hydroxyl groups excluding tert-OH is 1. The van der Waals surface area contributed by atoms with Crippen LogP contribution in [0.4, 0.5) is 0 Å². The highest BCUT2D eigenvalue weighted by atomic mass is 35.5. The molecule has 3 nitrogen and oxygen atoms in total. The zero-order chi connectivity index (χ0) is 12.3. The molecule has 2 aromatic rings. The van der Waals surface area contributed by atoms with Crippen molar-refractivity contribution in [2.75, 3.05) is 0 Å². The molecule has 1 N–H and O–H groups in total. The molecule has 0 saturated heterocycles. The van der Waals surface area contributed by atoms with Crippen LogP contribution in [0.15, 0.2) is 46.7 Å². The Labute approximate surface area is 109 Å². The van der Waals surface area contributed by atoms with E-state index in [9.17, 15) is 5.11 Å². The van der Waals surface area contributed by atoms with E-state index in [0.717, 1.165) is 15.5 Å². The molecule has 1 aromatic carbocycles. The van der Waals surface area contributed by atoms with Crippen LogP contribution in [0.5, 0.6) is 0 Å². The third-order valence-corrected chi connectivity index (χ3v) is 3.66. The standard InChI is InChI=1S/C12H11ClN2OS/c1-8(16)9-2-3-11(10(13)6-9)17-12-4-5-14-7-15-12/h2-8,16H,1H3/t8-/m1/s1. The lowest BCUT2D eigenvalue weighted by Gasteiger charge is -2.08. The van der Waals surface area contributed by atoms with Crippen LogP contribution >= 0.6 is 23.4 Å². The van der Waals surface area contributed by atoms with Crippen LogP contribution < -0.4 is 0 Å². The molecule has 0 amide bonds. The van der Waals surface area contributed by atoms with Gasteiger partial charge in [-0.3, -0.25) is 0 Å². The molecule has 17 heavy (non-hydrogen) atoms. The number of benzene rings is 1. The van der Waals surface area contributed by atoms with Gasteiger partial charge in [0.05, 0.1) is 11.1 Å². The van der Waals surface area contributed by atoms with Gasteiger partial charge in [0, 0.05) is 11.1 Å². The first-order valence-corrected chi connectivity index (χ1v) is 6.27. The van der Waals surface area contributed by atoms with E-state index in [4.69, 9.17) is 11.6 Å². The summed E-state index contributed by atoms with van der Waals surface area (Å²) in [4.78, 5) is 8.88. The molecule has 5 heteroatoms. The summed E-state index contributed by atoms with van der Waals surface area (Å²) >= 11 is 7.62. The van der Waals surface area contributed by atoms with Gasteiger partial charge in [0.2, 0.25) is 0 Å². The summed E-state index contributed by atoms with van der Waals surface area (Å²) in [5, 5.41) is 10.9. The highest BCUT2D eigenvalue weighted by Crippen LogP contribution is 2.33. The lowest BCUT2D eigenvalue weighted by Crippen LogP contribution is -1.91. The van der Waals surface area contributed by atoms with E-state index in [1.54, 1.807) is 19.2 Å². The second kappa shape index (κ2) is 5.49. The van der Waals surface area contributed by atoms with Gasteiger partial charge in [-0.05, 0) is 30.7 Å². The molecule has 1 heterocycles. The van der Waals surface area contributed by atoms with Crippen LogP contribution in [0.1, 0.15) is 18.6 Å². The van der Waals surface area contributed by atoms with E-state index in [-0.39, 0.29) is 0 Å². The Hall–Kier alpha value is -1.10. The quantitative estimate of drug-likeness (QED) is 0.866. The topological polar surface area (TPSA) is 46.0 Å². The normalized spacial score (nSPS) is 12.4. The van der Waals surface area contributed by atoms with Crippen LogP contribution in [0.25, 0.3) is 0 Å². The molecule has 0 aliphatic rings. The van der Waals surface area contributed by atoms with Crippen LogP contribution in [-0.2, 0) is 0 Å². The molecule has 0 unspecified atom stereocenters. The third kappa shape index (κ3) is 3.19. The molecule has 1 aromatic heterocycles. The molecule has 2 rings (SSSR count). The van der Waals surface area contributed by atoms with Gasteiger partial charge in [-0.15, -0.1) is 0 Å². The minimum atomic E-state index is -0.509. The van der Waals surface area contributed by atoms with Gasteiger partial charge in [-0.1, -0.05) is 29.4 Å². The maximum Gasteiger partial charge on any atom is 0.116 e. The molecule has 0 saturated carbocycles. The van der Waals surface area contributed by atoms with Gasteiger partial charge in [-0.25, -0.2) is 9.97 Å². The average molecular weight is 267 g/mol. The Morgan fingerprint density at radius 3 is 2.76 bits per heavy atom. The largest absolute Gasteiger partial charge is 0.389 e. The van der Waals surface area contributed by atoms with Crippen molar-refractivity contribution in [2.24, 2.45) is 0 Å². The Balaban J connectivity index is 2.23. The van der Waals surface area contributed by atoms with Crippen molar-refractivity contribution < 1.29 is 5.11 Å². The van der Waals surface area contributed by atoms with Gasteiger partial charge in [0.25, 0.3) is 0 Å². The van der Waals surface area contributed by atoms with Crippen molar-refractivity contribution in [1.29, 1.82) is 0 Å². The summed E-state index contributed by atoms with van der Waals surface area (Å²) in [6.45, 7) is 1.71. The minimum absolute atomic E-state index is 0.509. The van der Waals surface area contributed by atoms with Gasteiger partial charge >= 0.3 is 0 Å². The Morgan fingerprint density at radius 1 is 1.35 bits per heavy atom. The molecule has 0 radical (unpaired) electrons. The summed E-state index contributed by atoms with van der Waals surface area (Å²) < 4.78 is 0. The lowest BCUT2D eigenvalue weighted by molar-refractivity contribution is 0.199. The molecule has 0 spiro atoms. The number of hydrogen-bond donors (Lipinski definition) is 1. The van der Waals surface area contributed by atoms with Crippen molar-refractivity contribution in [2.45, 2.75) is 22.9 Å². The van der Waals surface area contributed by atoms with E-state index >= 15 is 0 Å². The van der Waals surface area contributed by atoms with Crippen molar-refractivity contribution in [3.05, 3.63) is 47.4 Å². The zero-order valence-electron chi connectivity index (χ0n) is 9.17. The van der Waals surface area contributed by atoms with Crippen molar-refractivity contribution in [1.82, 2.24) is 9.97 Å². The van der Waals surface area contributed by atoms with Crippen LogP contribution in [-0.4, -0.2) is 15.1 Å². The molecular weight excluding hydrogens is 256 g/mol. The predicted molar refractivity (Wildman–Crippen MR) is 68.2 cm³/mol. The zero-order valence-corrected chi connectivity index (χ0v) is 10.7. The maximum atomic E-state index is 9.44. The SMILES string of the molecule is C[C@@H](O)c1ccc(Sc2ccncn2)c(Cl)c1. The number of aromatic nitrogens is 2. The molecule has 0 bridgehead atoms. The molecular formula is C12H11ClN2OS. The monoisotopic (exact) mass is 266 g/mol. The first-order valence-electron chi connectivity index (χ1n) is 5.08. The fourth-order valence-corrected chi connectivity index (χ4v) is 2.36. The Morgan fingerprint density at radius 2 is 2.18 bits per heavy atom. The van der Waals surface area contributed by atoms with Gasteiger partial charge in [0.15, 0.2) is 0 Å². The molecule has 0 aliphatic heterocycles.